The summed E-state index contributed by atoms with van der Waals surface area (Å²) in [5, 5.41) is 10.8. The molecule has 5 rings (SSSR count). The van der Waals surface area contributed by atoms with Crippen LogP contribution in [-0.2, 0) is 16.1 Å². The van der Waals surface area contributed by atoms with Crippen molar-refractivity contribution in [2.45, 2.75) is 52.0 Å². The number of pyridine rings is 1. The van der Waals surface area contributed by atoms with Gasteiger partial charge in [-0.15, -0.1) is 0 Å². The second-order valence-electron chi connectivity index (χ2n) is 9.23. The van der Waals surface area contributed by atoms with Crippen LogP contribution < -0.4 is 10.6 Å². The third kappa shape index (κ3) is 4.41. The highest BCUT2D eigenvalue weighted by atomic mass is 16.2. The van der Waals surface area contributed by atoms with Crippen molar-refractivity contribution in [2.75, 3.05) is 5.32 Å². The quantitative estimate of drug-likeness (QED) is 0.572. The zero-order chi connectivity index (χ0) is 24.5. The summed E-state index contributed by atoms with van der Waals surface area (Å²) >= 11 is 0. The Labute approximate surface area is 205 Å². The topological polar surface area (TPSA) is 88.9 Å². The van der Waals surface area contributed by atoms with Crippen LogP contribution in [-0.4, -0.2) is 26.5 Å². The molecule has 2 atom stereocenters. The van der Waals surface area contributed by atoms with Gasteiger partial charge in [0.05, 0.1) is 6.20 Å². The van der Waals surface area contributed by atoms with E-state index in [4.69, 9.17) is 0 Å². The molecule has 0 unspecified atom stereocenters. The average molecular weight is 468 g/mol. The van der Waals surface area contributed by atoms with Crippen LogP contribution in [0.1, 0.15) is 55.2 Å². The first kappa shape index (κ1) is 22.8. The normalized spacial score (nSPS) is 19.9. The van der Waals surface area contributed by atoms with E-state index in [-0.39, 0.29) is 17.6 Å². The minimum atomic E-state index is -0.486. The van der Waals surface area contributed by atoms with Crippen LogP contribution in [0.5, 0.6) is 0 Å². The van der Waals surface area contributed by atoms with Gasteiger partial charge in [0, 0.05) is 59.4 Å². The Morgan fingerprint density at radius 2 is 1.94 bits per heavy atom. The number of hydrogen-bond donors (Lipinski definition) is 2. The summed E-state index contributed by atoms with van der Waals surface area (Å²) in [4.78, 5) is 31.5. The van der Waals surface area contributed by atoms with Crippen LogP contribution in [0, 0.1) is 6.92 Å². The third-order valence-electron chi connectivity index (χ3n) is 6.81. The minimum absolute atomic E-state index is 0.0633. The zero-order valence-electron chi connectivity index (χ0n) is 20.2. The number of carbonyl (C=O) groups excluding carboxylic acids is 2. The molecule has 0 saturated carbocycles. The van der Waals surface area contributed by atoms with Crippen molar-refractivity contribution in [3.63, 3.8) is 0 Å². The number of ketones is 1. The molecular weight excluding hydrogens is 438 g/mol. The van der Waals surface area contributed by atoms with Crippen LogP contribution >= 0.6 is 0 Å². The number of rotatable bonds is 5. The highest BCUT2D eigenvalue weighted by Crippen LogP contribution is 2.45. The molecule has 35 heavy (non-hydrogen) atoms. The lowest BCUT2D eigenvalue weighted by Crippen LogP contribution is -2.37. The van der Waals surface area contributed by atoms with Crippen LogP contribution in [0.3, 0.4) is 0 Å². The molecule has 7 heteroatoms. The number of dihydropyridines is 1. The summed E-state index contributed by atoms with van der Waals surface area (Å²) in [6, 6.07) is 13.9. The third-order valence-corrected chi connectivity index (χ3v) is 6.81. The molecule has 0 radical (unpaired) electrons. The van der Waals surface area contributed by atoms with E-state index < -0.39 is 5.92 Å². The molecule has 0 fully saturated rings. The van der Waals surface area contributed by atoms with Crippen molar-refractivity contribution in [1.82, 2.24) is 20.1 Å². The Bertz CT molecular complexity index is 1350. The molecule has 7 nitrogen and oxygen atoms in total. The van der Waals surface area contributed by atoms with Crippen LogP contribution in [0.2, 0.25) is 0 Å². The van der Waals surface area contributed by atoms with Crippen molar-refractivity contribution in [3.8, 4) is 0 Å². The fourth-order valence-electron chi connectivity index (χ4n) is 5.12. The standard InChI is InChI=1S/C28H29N5O2/c1-4-33-16-21(15-30-33)26-25(28(35)32-24-12-17(2)10-11-29-24)18(3)31-22-13-20(14-23(34)27(22)26)19-8-6-5-7-9-19/h5-12,15-16,20,26,31H,4,13-14H2,1-3H3,(H,29,32,35)/t20-,26+/m0/s1. The smallest absolute Gasteiger partial charge is 0.255 e. The monoisotopic (exact) mass is 467 g/mol. The van der Waals surface area contributed by atoms with Gasteiger partial charge in [-0.1, -0.05) is 30.3 Å². The van der Waals surface area contributed by atoms with Gasteiger partial charge in [0.15, 0.2) is 5.78 Å². The van der Waals surface area contributed by atoms with E-state index in [0.717, 1.165) is 34.5 Å². The van der Waals surface area contributed by atoms with E-state index in [1.165, 1.54) is 0 Å². The first-order valence-electron chi connectivity index (χ1n) is 12.0. The SMILES string of the molecule is CCn1cc([C@@H]2C(C(=O)Nc3cc(C)ccn3)=C(C)NC3=C2C(=O)C[C@@H](c2ccccc2)C3)cn1. The maximum atomic E-state index is 13.7. The summed E-state index contributed by atoms with van der Waals surface area (Å²) < 4.78 is 1.82. The second kappa shape index (κ2) is 9.33. The summed E-state index contributed by atoms with van der Waals surface area (Å²) in [5.41, 5.74) is 5.82. The molecule has 0 spiro atoms. The largest absolute Gasteiger partial charge is 0.362 e. The van der Waals surface area contributed by atoms with Crippen molar-refractivity contribution >= 4 is 17.5 Å². The van der Waals surface area contributed by atoms with Crippen molar-refractivity contribution in [1.29, 1.82) is 0 Å². The Hall–Kier alpha value is -4.00. The predicted molar refractivity (Wildman–Crippen MR) is 135 cm³/mol. The van der Waals surface area contributed by atoms with E-state index in [2.05, 4.69) is 32.8 Å². The number of carbonyl (C=O) groups is 2. The summed E-state index contributed by atoms with van der Waals surface area (Å²) in [5.74, 6) is -0.105. The zero-order valence-corrected chi connectivity index (χ0v) is 20.2. The minimum Gasteiger partial charge on any atom is -0.362 e. The highest BCUT2D eigenvalue weighted by molar-refractivity contribution is 6.09. The summed E-state index contributed by atoms with van der Waals surface area (Å²) in [6.45, 7) is 6.57. The Morgan fingerprint density at radius 1 is 1.14 bits per heavy atom. The lowest BCUT2D eigenvalue weighted by atomic mass is 9.72. The molecule has 178 valence electrons. The van der Waals surface area contributed by atoms with Crippen molar-refractivity contribution in [2.24, 2.45) is 0 Å². The maximum Gasteiger partial charge on any atom is 0.255 e. The molecule has 3 aromatic rings. The number of aromatic nitrogens is 3. The fraction of sp³-hybridized carbons (Fsp3) is 0.286. The van der Waals surface area contributed by atoms with E-state index in [9.17, 15) is 9.59 Å². The fourth-order valence-corrected chi connectivity index (χ4v) is 5.12. The molecule has 2 N–H and O–H groups in total. The van der Waals surface area contributed by atoms with Gasteiger partial charge in [-0.25, -0.2) is 4.98 Å². The number of anilines is 1. The van der Waals surface area contributed by atoms with Gasteiger partial charge < -0.3 is 10.6 Å². The number of allylic oxidation sites excluding steroid dienone is 3. The first-order valence-corrected chi connectivity index (χ1v) is 12.0. The van der Waals surface area contributed by atoms with Gasteiger partial charge in [0.25, 0.3) is 5.91 Å². The van der Waals surface area contributed by atoms with Gasteiger partial charge in [-0.3, -0.25) is 14.3 Å². The van der Waals surface area contributed by atoms with Gasteiger partial charge in [0.1, 0.15) is 5.82 Å². The average Bonchev–Trinajstić information content (AvgIpc) is 3.32. The van der Waals surface area contributed by atoms with E-state index in [1.807, 2.05) is 62.0 Å². The van der Waals surface area contributed by atoms with Crippen LogP contribution in [0.25, 0.3) is 0 Å². The molecule has 1 aliphatic carbocycles. The molecule has 0 bridgehead atoms. The second-order valence-corrected chi connectivity index (χ2v) is 9.23. The van der Waals surface area contributed by atoms with Gasteiger partial charge in [0.2, 0.25) is 0 Å². The number of nitrogens with zero attached hydrogens (tertiary/aromatic N) is 3. The van der Waals surface area contributed by atoms with Gasteiger partial charge in [-0.05, 0) is 56.4 Å². The summed E-state index contributed by atoms with van der Waals surface area (Å²) in [6.07, 6.45) is 6.50. The van der Waals surface area contributed by atoms with Crippen molar-refractivity contribution in [3.05, 3.63) is 100 Å². The molecule has 2 aromatic heterocycles. The highest BCUT2D eigenvalue weighted by Gasteiger charge is 2.41. The number of hydrogen-bond acceptors (Lipinski definition) is 5. The molecule has 1 aliphatic heterocycles. The van der Waals surface area contributed by atoms with E-state index in [0.29, 0.717) is 29.9 Å². The Morgan fingerprint density at radius 3 is 2.66 bits per heavy atom. The summed E-state index contributed by atoms with van der Waals surface area (Å²) in [7, 11) is 0. The van der Waals surface area contributed by atoms with Crippen molar-refractivity contribution < 1.29 is 9.59 Å². The lowest BCUT2D eigenvalue weighted by Gasteiger charge is -2.36. The maximum absolute atomic E-state index is 13.7. The Kier molecular flexibility index (Phi) is 6.07. The number of benzene rings is 1. The molecule has 0 saturated heterocycles. The molecule has 3 heterocycles. The van der Waals surface area contributed by atoms with Gasteiger partial charge in [-0.2, -0.15) is 5.10 Å². The lowest BCUT2D eigenvalue weighted by molar-refractivity contribution is -0.116. The predicted octanol–water partition coefficient (Wildman–Crippen LogP) is 4.61. The number of nitrogens with one attached hydrogen (secondary N) is 2. The van der Waals surface area contributed by atoms with Crippen LogP contribution in [0.4, 0.5) is 5.82 Å². The molecule has 1 aromatic carbocycles. The number of amides is 1. The Balaban J connectivity index is 1.55. The number of aryl methyl sites for hydroxylation is 2. The van der Waals surface area contributed by atoms with Crippen LogP contribution in [0.15, 0.2) is 83.6 Å². The number of Topliss-reactive ketones (excluding diaryl/α,β-unsaturated/α-hetero) is 1. The molecule has 2 aliphatic rings. The van der Waals surface area contributed by atoms with E-state index in [1.54, 1.807) is 12.4 Å². The molecular formula is C28H29N5O2. The first-order chi connectivity index (χ1) is 16.9. The van der Waals surface area contributed by atoms with Gasteiger partial charge >= 0.3 is 0 Å². The van der Waals surface area contributed by atoms with E-state index >= 15 is 0 Å². The molecule has 1 amide bonds.